The number of benzene rings is 6. The van der Waals surface area contributed by atoms with E-state index >= 15 is 0 Å². The van der Waals surface area contributed by atoms with Gasteiger partial charge < -0.3 is 8.98 Å². The van der Waals surface area contributed by atoms with Gasteiger partial charge in [0.25, 0.3) is 0 Å². The van der Waals surface area contributed by atoms with Gasteiger partial charge in [0.15, 0.2) is 0 Å². The third-order valence-electron chi connectivity index (χ3n) is 10.2. The maximum atomic E-state index is 6.55. The fourth-order valence-electron chi connectivity index (χ4n) is 8.09. The molecular formula is C44H28N4O. The molecule has 5 heteroatoms. The summed E-state index contributed by atoms with van der Waals surface area (Å²) < 4.78 is 11.1. The maximum Gasteiger partial charge on any atom is 0.231 e. The highest BCUT2D eigenvalue weighted by Gasteiger charge is 2.29. The van der Waals surface area contributed by atoms with Crippen LogP contribution in [0, 0.1) is 0 Å². The molecule has 9 aromatic rings. The zero-order valence-electron chi connectivity index (χ0n) is 26.4. The molecule has 0 bridgehead atoms. The molecule has 5 nitrogen and oxygen atoms in total. The molecule has 4 heterocycles. The van der Waals surface area contributed by atoms with Crippen LogP contribution in [0.15, 0.2) is 172 Å². The Morgan fingerprint density at radius 1 is 0.592 bits per heavy atom. The number of hydrogen-bond donors (Lipinski definition) is 0. The third-order valence-corrected chi connectivity index (χ3v) is 10.2. The molecule has 1 unspecified atom stereocenters. The number of furan rings is 1. The van der Waals surface area contributed by atoms with Gasteiger partial charge in [0.05, 0.1) is 39.2 Å². The first-order chi connectivity index (χ1) is 24.3. The smallest absolute Gasteiger partial charge is 0.231 e. The van der Waals surface area contributed by atoms with E-state index < -0.39 is 0 Å². The molecule has 230 valence electrons. The lowest BCUT2D eigenvalue weighted by Crippen LogP contribution is -2.28. The average molecular weight is 629 g/mol. The van der Waals surface area contributed by atoms with Gasteiger partial charge in [-0.15, -0.1) is 0 Å². The van der Waals surface area contributed by atoms with Crippen LogP contribution in [0.4, 0.5) is 0 Å². The van der Waals surface area contributed by atoms with E-state index in [1.807, 2.05) is 12.1 Å². The van der Waals surface area contributed by atoms with Gasteiger partial charge in [0.2, 0.25) is 5.96 Å². The van der Waals surface area contributed by atoms with Crippen LogP contribution in [-0.2, 0) is 0 Å². The summed E-state index contributed by atoms with van der Waals surface area (Å²) in [5.41, 5.74) is 10.5. The molecule has 2 aliphatic rings. The predicted molar refractivity (Wildman–Crippen MR) is 203 cm³/mol. The number of fused-ring (bicyclic) bond motifs is 11. The largest absolute Gasteiger partial charge is 0.455 e. The third kappa shape index (κ3) is 3.75. The van der Waals surface area contributed by atoms with Crippen LogP contribution in [0.3, 0.4) is 0 Å². The van der Waals surface area contributed by atoms with Crippen molar-refractivity contribution in [2.24, 2.45) is 9.98 Å². The Morgan fingerprint density at radius 2 is 1.29 bits per heavy atom. The number of nitrogens with zero attached hydrogens (tertiary/aromatic N) is 4. The molecule has 3 aromatic heterocycles. The molecule has 0 fully saturated rings. The van der Waals surface area contributed by atoms with Crippen LogP contribution in [0.5, 0.6) is 0 Å². The molecule has 0 saturated heterocycles. The number of aromatic nitrogens is 2. The van der Waals surface area contributed by atoms with Gasteiger partial charge in [-0.25, -0.2) is 9.98 Å². The molecule has 1 aliphatic carbocycles. The Balaban J connectivity index is 1.15. The van der Waals surface area contributed by atoms with Crippen molar-refractivity contribution < 1.29 is 4.42 Å². The summed E-state index contributed by atoms with van der Waals surface area (Å²) in [6, 6.07) is 47.2. The second-order valence-electron chi connectivity index (χ2n) is 12.9. The van der Waals surface area contributed by atoms with Crippen LogP contribution in [0.1, 0.15) is 12.0 Å². The van der Waals surface area contributed by atoms with E-state index in [-0.39, 0.29) is 6.04 Å². The molecule has 49 heavy (non-hydrogen) atoms. The van der Waals surface area contributed by atoms with Crippen LogP contribution in [-0.4, -0.2) is 26.8 Å². The van der Waals surface area contributed by atoms with E-state index in [4.69, 9.17) is 14.4 Å². The highest BCUT2D eigenvalue weighted by molar-refractivity contribution is 6.27. The molecule has 1 atom stereocenters. The lowest BCUT2D eigenvalue weighted by molar-refractivity contribution is 0.673. The van der Waals surface area contributed by atoms with E-state index in [0.717, 1.165) is 72.7 Å². The van der Waals surface area contributed by atoms with E-state index in [9.17, 15) is 0 Å². The minimum absolute atomic E-state index is 0.0319. The van der Waals surface area contributed by atoms with E-state index in [1.165, 1.54) is 21.8 Å². The SMILES string of the molecule is C1=CCC2N=C(n3c4ccccc4c4c5oc6ccccc6c5ccc43)N=C(c3cccc(-n4c5ccccc5c5ccccc54)c3)C2=C1. The zero-order chi connectivity index (χ0) is 32.1. The zero-order valence-corrected chi connectivity index (χ0v) is 26.4. The molecule has 0 N–H and O–H groups in total. The lowest BCUT2D eigenvalue weighted by Gasteiger charge is -2.26. The summed E-state index contributed by atoms with van der Waals surface area (Å²) in [5, 5.41) is 6.95. The lowest BCUT2D eigenvalue weighted by atomic mass is 9.90. The van der Waals surface area contributed by atoms with Crippen molar-refractivity contribution in [3.05, 3.63) is 163 Å². The van der Waals surface area contributed by atoms with Crippen molar-refractivity contribution in [1.82, 2.24) is 9.13 Å². The van der Waals surface area contributed by atoms with Crippen molar-refractivity contribution in [2.75, 3.05) is 0 Å². The molecule has 0 spiro atoms. The summed E-state index contributed by atoms with van der Waals surface area (Å²) in [6.07, 6.45) is 7.35. The first kappa shape index (κ1) is 26.6. The monoisotopic (exact) mass is 628 g/mol. The molecular weight excluding hydrogens is 601 g/mol. The number of para-hydroxylation sites is 4. The highest BCUT2D eigenvalue weighted by atomic mass is 16.3. The number of hydrogen-bond acceptors (Lipinski definition) is 3. The summed E-state index contributed by atoms with van der Waals surface area (Å²) in [4.78, 5) is 10.8. The normalized spacial score (nSPS) is 16.2. The predicted octanol–water partition coefficient (Wildman–Crippen LogP) is 10.8. The van der Waals surface area contributed by atoms with Crippen molar-refractivity contribution in [1.29, 1.82) is 0 Å². The summed E-state index contributed by atoms with van der Waals surface area (Å²) in [5.74, 6) is 0.691. The minimum atomic E-state index is -0.0319. The van der Waals surface area contributed by atoms with Gasteiger partial charge in [-0.2, -0.15) is 0 Å². The average Bonchev–Trinajstić information content (AvgIpc) is 3.82. The van der Waals surface area contributed by atoms with E-state index in [2.05, 4.69) is 149 Å². The van der Waals surface area contributed by atoms with Crippen molar-refractivity contribution in [3.63, 3.8) is 0 Å². The molecule has 0 saturated carbocycles. The first-order valence-electron chi connectivity index (χ1n) is 16.8. The van der Waals surface area contributed by atoms with Crippen molar-refractivity contribution >= 4 is 77.2 Å². The molecule has 6 aromatic carbocycles. The van der Waals surface area contributed by atoms with Crippen LogP contribution < -0.4 is 0 Å². The fourth-order valence-corrected chi connectivity index (χ4v) is 8.09. The van der Waals surface area contributed by atoms with Crippen LogP contribution in [0.25, 0.3) is 71.2 Å². The Labute approximate surface area is 281 Å². The topological polar surface area (TPSA) is 47.7 Å². The van der Waals surface area contributed by atoms with Gasteiger partial charge in [-0.05, 0) is 55.0 Å². The molecule has 0 amide bonds. The Kier molecular flexibility index (Phi) is 5.44. The van der Waals surface area contributed by atoms with Gasteiger partial charge >= 0.3 is 0 Å². The first-order valence-corrected chi connectivity index (χ1v) is 16.8. The quantitative estimate of drug-likeness (QED) is 0.188. The van der Waals surface area contributed by atoms with Crippen LogP contribution in [0.2, 0.25) is 0 Å². The molecule has 0 radical (unpaired) electrons. The Hall–Kier alpha value is -6.46. The van der Waals surface area contributed by atoms with E-state index in [1.54, 1.807) is 0 Å². The fraction of sp³-hybridized carbons (Fsp3) is 0.0455. The van der Waals surface area contributed by atoms with E-state index in [0.29, 0.717) is 5.96 Å². The number of rotatable bonds is 2. The summed E-state index contributed by atoms with van der Waals surface area (Å²) >= 11 is 0. The highest BCUT2D eigenvalue weighted by Crippen LogP contribution is 2.40. The number of allylic oxidation sites excluding steroid dienone is 2. The molecule has 11 rings (SSSR count). The van der Waals surface area contributed by atoms with Crippen molar-refractivity contribution in [3.8, 4) is 5.69 Å². The standard InChI is InChI=1S/C44H28N4O/c1-6-19-35-33(17-1)42(27-12-11-13-28(26-27)47-36-20-7-2-14-29(36)30-15-3-8-21-37(30)47)46-44(45-35)48-38-22-9-4-18-34(38)41-39(48)25-24-32-31-16-5-10-23-40(31)49-43(32)41/h1-18,20-26,35H,19H2. The minimum Gasteiger partial charge on any atom is -0.455 e. The Bertz CT molecular complexity index is 2930. The Morgan fingerprint density at radius 3 is 2.08 bits per heavy atom. The summed E-state index contributed by atoms with van der Waals surface area (Å²) in [6.45, 7) is 0. The van der Waals surface area contributed by atoms with Gasteiger partial charge in [0, 0.05) is 43.8 Å². The molecule has 1 aliphatic heterocycles. The van der Waals surface area contributed by atoms with Crippen LogP contribution >= 0.6 is 0 Å². The second-order valence-corrected chi connectivity index (χ2v) is 12.9. The van der Waals surface area contributed by atoms with Crippen molar-refractivity contribution in [2.45, 2.75) is 12.5 Å². The van der Waals surface area contributed by atoms with Gasteiger partial charge in [0.1, 0.15) is 11.2 Å². The summed E-state index contributed by atoms with van der Waals surface area (Å²) in [7, 11) is 0. The second kappa shape index (κ2) is 10.0. The number of aliphatic imine (C=N–C) groups is 2. The van der Waals surface area contributed by atoms with Gasteiger partial charge in [-0.1, -0.05) is 103 Å². The van der Waals surface area contributed by atoms with Gasteiger partial charge in [-0.3, -0.25) is 4.57 Å². The maximum absolute atomic E-state index is 6.55.